The summed E-state index contributed by atoms with van der Waals surface area (Å²) >= 11 is 0. The van der Waals surface area contributed by atoms with E-state index in [1.165, 1.54) is 31.2 Å². The molecule has 0 spiro atoms. The number of hydrogen-bond donors (Lipinski definition) is 23. The molecule has 130 heavy (non-hydrogen) atoms. The fraction of sp³-hybridized carbons (Fsp3) is 0.422. The van der Waals surface area contributed by atoms with Crippen LogP contribution in [0.5, 0.6) is 5.75 Å². The Kier molecular flexibility index (Phi) is 41.2. The lowest BCUT2D eigenvalue weighted by Crippen LogP contribution is -2.63. The number of aromatic nitrogens is 1. The number of phenols is 1. The number of nitrogens with zero attached hydrogens (tertiary/aromatic N) is 4. The number of carboxylic acid groups (broad SMARTS) is 1. The van der Waals surface area contributed by atoms with E-state index in [1.54, 1.807) is 91.1 Å². The van der Waals surface area contributed by atoms with E-state index in [2.05, 4.69) is 89.4 Å². The van der Waals surface area contributed by atoms with Crippen LogP contribution in [0.1, 0.15) is 98.3 Å². The number of aliphatic hydroxyl groups is 3. The number of azide groups is 1. The van der Waals surface area contributed by atoms with Crippen LogP contribution in [0.4, 0.5) is 11.4 Å². The van der Waals surface area contributed by atoms with E-state index in [4.69, 9.17) is 22.7 Å². The first-order valence-electron chi connectivity index (χ1n) is 41.1. The van der Waals surface area contributed by atoms with Crippen molar-refractivity contribution in [3.63, 3.8) is 0 Å². The van der Waals surface area contributed by atoms with Gasteiger partial charge in [0.15, 0.2) is 0 Å². The maximum Gasteiger partial charge on any atom is 0.327 e. The third kappa shape index (κ3) is 32.8. The Morgan fingerprint density at radius 1 is 0.562 bits per heavy atom. The lowest BCUT2D eigenvalue weighted by Gasteiger charge is -2.29. The smallest absolute Gasteiger partial charge is 0.327 e. The van der Waals surface area contributed by atoms with Crippen molar-refractivity contribution in [3.05, 3.63) is 182 Å². The van der Waals surface area contributed by atoms with Crippen LogP contribution in [-0.4, -0.2) is 259 Å². The molecule has 26 N–H and O–H groups in total. The highest BCUT2D eigenvalue weighted by Crippen LogP contribution is 2.27. The van der Waals surface area contributed by atoms with E-state index in [-0.39, 0.29) is 81.5 Å². The van der Waals surface area contributed by atoms with E-state index >= 15 is 24.0 Å². The molecule has 1 aliphatic heterocycles. The van der Waals surface area contributed by atoms with E-state index in [1.807, 2.05) is 0 Å². The number of unbranched alkanes of at least 4 members (excludes halogenated alkanes) is 2. The number of hydrogen-bond acceptors (Lipinski definition) is 27. The Balaban J connectivity index is 1.34. The Bertz CT molecular complexity index is 5050. The van der Waals surface area contributed by atoms with Crippen molar-refractivity contribution in [2.45, 2.75) is 182 Å². The number of carboxylic acids is 1. The van der Waals surface area contributed by atoms with Gasteiger partial charge in [-0.05, 0) is 124 Å². The summed E-state index contributed by atoms with van der Waals surface area (Å²) in [4.78, 5) is 247. The number of carbonyl (C=O) groups excluding carboxylic acids is 15. The van der Waals surface area contributed by atoms with Crippen molar-refractivity contribution in [1.82, 2.24) is 79.4 Å². The predicted molar refractivity (Wildman–Crippen MR) is 472 cm³/mol. The number of nitro benzene ring substituents is 1. The number of para-hydroxylation sites is 1. The van der Waals surface area contributed by atoms with Crippen molar-refractivity contribution in [2.75, 3.05) is 37.7 Å². The van der Waals surface area contributed by atoms with Crippen molar-refractivity contribution >= 4 is 138 Å². The summed E-state index contributed by atoms with van der Waals surface area (Å²) in [5, 5.41) is 104. The minimum atomic E-state index is -2.07. The standard InChI is InChI=1S/C83H106N22O23S2/c1-43(85)70(112)90-39-67(111)91-63-41-129-130-42-64(83(125)126)100-79(121)62(40-106)99-82(124)69(45(3)108)102-78(120)59(34-48-24-27-51(109)28-25-48)98-81(123)68(44(2)107)101-73(115)56(22-12-14-30-84)92-76(118)60(35-49-38-89-54-21-11-10-20-52(49)54)96-75(117)58(33-47-18-8-5-9-19-47)94-74(116)57(32-46-16-6-4-7-17-46)95-77(119)61(37-66(86)110)97-72(114)55(93-80(63)122)23-13-15-31-88-71(113)53-36-50(103-104-87)26-29-65(53)105(127)128/h4-11,16-21,24-29,36,38,43-45,55-64,68-69,89,106-109H,12-15,22-23,30-35,37,39-42,84-85H2,1-3H3,(H2,86,110)(H,88,113)(H,90,112)(H,91,111)(H,92,118)(H,93,122)(H,94,116)(H,95,119)(H,96,117)(H,97,114)(H,98,123)(H,99,124)(H,100,121)(H,101,115)(H,102,120)(H,125,126)/t43-,44+,45+,55-,56-,57-,58-,59-,60-,61-,62-,63+,64-,68?,69?/m0/s1. The number of aromatic hydroxyl groups is 1. The van der Waals surface area contributed by atoms with E-state index in [0.717, 1.165) is 32.0 Å². The summed E-state index contributed by atoms with van der Waals surface area (Å²) in [6.45, 7) is 1.12. The molecule has 0 bridgehead atoms. The Morgan fingerprint density at radius 2 is 1.02 bits per heavy atom. The average molecular weight is 1840 g/mol. The number of aliphatic hydroxyl groups excluding tert-OH is 3. The molecular formula is C83H106N22O23S2. The number of primary amides is 1. The molecule has 2 unspecified atom stereocenters. The van der Waals surface area contributed by atoms with Crippen LogP contribution < -0.4 is 91.6 Å². The third-order valence-electron chi connectivity index (χ3n) is 20.2. The largest absolute Gasteiger partial charge is 0.508 e. The minimum Gasteiger partial charge on any atom is -0.508 e. The fourth-order valence-electron chi connectivity index (χ4n) is 13.2. The van der Waals surface area contributed by atoms with E-state index in [9.17, 15) is 88.4 Å². The van der Waals surface area contributed by atoms with Gasteiger partial charge in [-0.25, -0.2) is 4.79 Å². The number of carbonyl (C=O) groups is 16. The van der Waals surface area contributed by atoms with Gasteiger partial charge in [-0.2, -0.15) is 0 Å². The van der Waals surface area contributed by atoms with Crippen LogP contribution in [0.25, 0.3) is 21.3 Å². The van der Waals surface area contributed by atoms with Crippen molar-refractivity contribution in [3.8, 4) is 5.75 Å². The molecule has 0 radical (unpaired) electrons. The lowest BCUT2D eigenvalue weighted by molar-refractivity contribution is -0.385. The summed E-state index contributed by atoms with van der Waals surface area (Å²) in [6.07, 6.45) is -5.26. The van der Waals surface area contributed by atoms with Crippen molar-refractivity contribution in [2.24, 2.45) is 22.3 Å². The molecule has 45 nitrogen and oxygen atoms in total. The number of nitrogens with two attached hydrogens (primary N) is 3. The molecule has 0 saturated carbocycles. The summed E-state index contributed by atoms with van der Waals surface area (Å²) in [6, 6.07) is 7.71. The number of aliphatic carboxylic acids is 1. The van der Waals surface area contributed by atoms with Gasteiger partial charge in [0, 0.05) is 77.5 Å². The zero-order valence-electron chi connectivity index (χ0n) is 70.8. The number of phenolic OH excluding ortho intramolecular Hbond substituents is 1. The van der Waals surface area contributed by atoms with Crippen molar-refractivity contribution < 1.29 is 107 Å². The number of nitrogens with one attached hydrogen (secondary N) is 15. The summed E-state index contributed by atoms with van der Waals surface area (Å²) < 4.78 is 0. The molecule has 1 aliphatic rings. The molecule has 5 aromatic carbocycles. The van der Waals surface area contributed by atoms with Gasteiger partial charge >= 0.3 is 5.97 Å². The molecular weight excluding hydrogens is 1740 g/mol. The first-order valence-corrected chi connectivity index (χ1v) is 43.6. The number of rotatable bonds is 30. The maximum atomic E-state index is 15.5. The number of aromatic amines is 1. The minimum absolute atomic E-state index is 0.0873. The van der Waals surface area contributed by atoms with Crippen LogP contribution in [0.3, 0.4) is 0 Å². The molecule has 1 saturated heterocycles. The second-order valence-electron chi connectivity index (χ2n) is 30.4. The second-order valence-corrected chi connectivity index (χ2v) is 32.9. The van der Waals surface area contributed by atoms with Crippen LogP contribution in [-0.2, 0) is 97.6 Å². The Morgan fingerprint density at radius 3 is 1.55 bits per heavy atom. The Labute approximate surface area is 751 Å². The molecule has 1 aromatic heterocycles. The monoisotopic (exact) mass is 1840 g/mol. The topological polar surface area (TPSA) is 728 Å². The molecule has 47 heteroatoms. The van der Waals surface area contributed by atoms with Gasteiger partial charge in [0.1, 0.15) is 83.8 Å². The molecule has 15 atom stereocenters. The molecule has 698 valence electrons. The predicted octanol–water partition coefficient (Wildman–Crippen LogP) is -2.89. The number of nitro groups is 1. The van der Waals surface area contributed by atoms with Crippen LogP contribution >= 0.6 is 21.6 Å². The SMILES string of the molecule is C[C@H](N)C(=O)NCC(=O)N[C@@H]1CSSC[C@@H](C(=O)O)NC(=O)[C@H](CO)NC(=O)C([C@@H](C)O)NC(=O)[C@H](Cc2ccc(O)cc2)NC(=O)C([C@@H](C)O)NC(=O)[C@H](CCCCN)NC(=O)[C@H](Cc2c[nH]c3ccccc23)NC(=O)[C@H](Cc2ccccc2)NC(=O)[C@H](Cc2ccccc2)NC(=O)[C@H](CC(N)=O)NC(=O)[C@H](CCCCNC(=O)c2cc(N=[N+]=[N-])ccc2[N+](=O)[O-])NC1=O. The summed E-state index contributed by atoms with van der Waals surface area (Å²) in [5.41, 5.74) is 27.2. The number of benzene rings is 5. The Hall–Kier alpha value is -13.8. The zero-order valence-corrected chi connectivity index (χ0v) is 72.4. The van der Waals surface area contributed by atoms with Gasteiger partial charge in [-0.3, -0.25) is 82.0 Å². The first kappa shape index (κ1) is 103. The van der Waals surface area contributed by atoms with Gasteiger partial charge in [-0.1, -0.05) is 118 Å². The molecule has 1 fully saturated rings. The highest BCUT2D eigenvalue weighted by Gasteiger charge is 2.40. The van der Waals surface area contributed by atoms with Gasteiger partial charge in [0.25, 0.3) is 11.6 Å². The maximum absolute atomic E-state index is 15.5. The normalized spacial score (nSPS) is 22.2. The third-order valence-corrected chi connectivity index (χ3v) is 22.6. The lowest BCUT2D eigenvalue weighted by atomic mass is 10.00. The van der Waals surface area contributed by atoms with Gasteiger partial charge < -0.3 is 122 Å². The average Bonchev–Trinajstić information content (AvgIpc) is 1.68. The van der Waals surface area contributed by atoms with Crippen molar-refractivity contribution in [1.29, 1.82) is 0 Å². The van der Waals surface area contributed by atoms with Gasteiger partial charge in [0.2, 0.25) is 82.7 Å². The van der Waals surface area contributed by atoms with Crippen LogP contribution in [0.15, 0.2) is 139 Å². The molecule has 15 amide bonds. The van der Waals surface area contributed by atoms with Crippen LogP contribution in [0.2, 0.25) is 0 Å². The molecule has 0 aliphatic carbocycles. The highest BCUT2D eigenvalue weighted by atomic mass is 33.1. The first-order chi connectivity index (χ1) is 62.0. The molecule has 7 rings (SSSR count). The highest BCUT2D eigenvalue weighted by molar-refractivity contribution is 8.76. The number of fused-ring (bicyclic) bond motifs is 1. The van der Waals surface area contributed by atoms with Crippen LogP contribution in [0, 0.1) is 10.1 Å². The number of H-pyrrole nitrogens is 1. The zero-order chi connectivity index (χ0) is 95.3. The second kappa shape index (κ2) is 51.8. The van der Waals surface area contributed by atoms with E-state index < -0.39 is 245 Å². The van der Waals surface area contributed by atoms with Gasteiger partial charge in [-0.15, -0.1) is 0 Å². The van der Waals surface area contributed by atoms with E-state index in [0.29, 0.717) is 49.2 Å². The molecule has 2 heterocycles. The fourth-order valence-corrected chi connectivity index (χ4v) is 15.5. The van der Waals surface area contributed by atoms with Gasteiger partial charge in [0.05, 0.1) is 42.7 Å². The summed E-state index contributed by atoms with van der Waals surface area (Å²) in [7, 11) is 1.32. The quantitative estimate of drug-likeness (QED) is 0.00409. The number of amides is 15. The molecule has 6 aromatic rings. The summed E-state index contributed by atoms with van der Waals surface area (Å²) in [5.74, 6) is -20.5.